The van der Waals surface area contributed by atoms with Crippen LogP contribution >= 0.6 is 27.5 Å². The number of aromatic carboxylic acids is 1. The Morgan fingerprint density at radius 1 is 1.65 bits per heavy atom. The molecule has 20 heavy (non-hydrogen) atoms. The fourth-order valence-electron chi connectivity index (χ4n) is 2.05. The van der Waals surface area contributed by atoms with E-state index in [1.807, 2.05) is 0 Å². The molecule has 1 saturated heterocycles. The van der Waals surface area contributed by atoms with E-state index in [9.17, 15) is 14.0 Å². The first kappa shape index (κ1) is 14.8. The molecule has 4 nitrogen and oxygen atoms in total. The molecule has 104 valence electrons. The van der Waals surface area contributed by atoms with E-state index in [0.717, 1.165) is 11.0 Å². The van der Waals surface area contributed by atoms with Crippen LogP contribution in [-0.4, -0.2) is 23.5 Å². The molecule has 1 amide bonds. The van der Waals surface area contributed by atoms with Crippen LogP contribution in [0.25, 0.3) is 0 Å². The van der Waals surface area contributed by atoms with E-state index >= 15 is 0 Å². The van der Waals surface area contributed by atoms with Crippen molar-refractivity contribution in [2.75, 3.05) is 11.4 Å². The van der Waals surface area contributed by atoms with Crippen molar-refractivity contribution in [3.8, 4) is 12.3 Å². The molecule has 0 aliphatic carbocycles. The average Bonchev–Trinajstić information content (AvgIpc) is 2.76. The van der Waals surface area contributed by atoms with Crippen molar-refractivity contribution in [3.05, 3.63) is 26.9 Å². The largest absolute Gasteiger partial charge is 0.478 e. The first-order chi connectivity index (χ1) is 9.36. The summed E-state index contributed by atoms with van der Waals surface area (Å²) in [5.74, 6) is -0.616. The maximum absolute atomic E-state index is 14.3. The summed E-state index contributed by atoms with van der Waals surface area (Å²) in [5, 5.41) is 9.08. The number of nitrogens with zero attached hydrogens (tertiary/aromatic N) is 1. The highest BCUT2D eigenvalue weighted by Gasteiger charge is 2.35. The van der Waals surface area contributed by atoms with E-state index in [1.54, 1.807) is 0 Å². The molecule has 1 N–H and O–H groups in total. The molecule has 0 saturated carbocycles. The highest BCUT2D eigenvalue weighted by molar-refractivity contribution is 9.10. The smallest absolute Gasteiger partial charge is 0.337 e. The lowest BCUT2D eigenvalue weighted by Crippen LogP contribution is -2.28. The molecule has 1 aliphatic heterocycles. The van der Waals surface area contributed by atoms with Crippen LogP contribution in [0, 0.1) is 24.1 Å². The molecule has 0 aromatic heterocycles. The molecule has 0 bridgehead atoms. The van der Waals surface area contributed by atoms with E-state index in [4.69, 9.17) is 23.1 Å². The Hall–Kier alpha value is -1.58. The monoisotopic (exact) mass is 359 g/mol. The Morgan fingerprint density at radius 3 is 2.80 bits per heavy atom. The summed E-state index contributed by atoms with van der Waals surface area (Å²) < 4.78 is 14.2. The number of carboxylic acids is 1. The number of terminal acetylenes is 1. The summed E-state index contributed by atoms with van der Waals surface area (Å²) in [6.07, 6.45) is 5.32. The molecule has 2 rings (SSSR count). The predicted molar refractivity (Wildman–Crippen MR) is 75.4 cm³/mol. The van der Waals surface area contributed by atoms with Crippen LogP contribution in [0.4, 0.5) is 10.1 Å². The van der Waals surface area contributed by atoms with E-state index in [0.29, 0.717) is 0 Å². The number of hydrogen-bond acceptors (Lipinski definition) is 2. The number of anilines is 1. The van der Waals surface area contributed by atoms with Crippen LogP contribution < -0.4 is 4.90 Å². The van der Waals surface area contributed by atoms with E-state index in [1.165, 1.54) is 0 Å². The summed E-state index contributed by atoms with van der Waals surface area (Å²) >= 11 is 8.68. The Bertz CT molecular complexity index is 656. The fourth-order valence-corrected chi connectivity index (χ4v) is 2.54. The number of carboxylic acid groups (broad SMARTS) is 1. The Balaban J connectivity index is 2.62. The molecule has 1 atom stereocenters. The summed E-state index contributed by atoms with van der Waals surface area (Å²) in [6.45, 7) is 0.0839. The van der Waals surface area contributed by atoms with Gasteiger partial charge in [-0.2, -0.15) is 0 Å². The highest BCUT2D eigenvalue weighted by atomic mass is 79.9. The number of rotatable bonds is 2. The zero-order chi connectivity index (χ0) is 15.0. The van der Waals surface area contributed by atoms with E-state index < -0.39 is 17.7 Å². The van der Waals surface area contributed by atoms with Crippen molar-refractivity contribution in [2.24, 2.45) is 5.92 Å². The van der Waals surface area contributed by atoms with Gasteiger partial charge in [0.25, 0.3) is 0 Å². The highest BCUT2D eigenvalue weighted by Crippen LogP contribution is 2.38. The van der Waals surface area contributed by atoms with Crippen LogP contribution in [0.15, 0.2) is 10.5 Å². The van der Waals surface area contributed by atoms with Gasteiger partial charge in [0, 0.05) is 18.9 Å². The number of carbonyl (C=O) groups is 2. The summed E-state index contributed by atoms with van der Waals surface area (Å²) in [7, 11) is 0. The Labute approximate surface area is 127 Å². The maximum Gasteiger partial charge on any atom is 0.337 e. The van der Waals surface area contributed by atoms with Crippen molar-refractivity contribution >= 4 is 45.1 Å². The molecule has 7 heteroatoms. The van der Waals surface area contributed by atoms with Crippen LogP contribution in [-0.2, 0) is 4.79 Å². The van der Waals surface area contributed by atoms with Crippen LogP contribution in [0.1, 0.15) is 16.8 Å². The van der Waals surface area contributed by atoms with Gasteiger partial charge in [0.2, 0.25) is 5.91 Å². The van der Waals surface area contributed by atoms with Crippen molar-refractivity contribution in [1.29, 1.82) is 0 Å². The molecule has 1 aromatic carbocycles. The summed E-state index contributed by atoms with van der Waals surface area (Å²) in [6, 6.07) is 1.10. The third-order valence-electron chi connectivity index (χ3n) is 3.00. The lowest BCUT2D eigenvalue weighted by molar-refractivity contribution is -0.117. The van der Waals surface area contributed by atoms with Gasteiger partial charge in [-0.1, -0.05) is 11.6 Å². The van der Waals surface area contributed by atoms with Gasteiger partial charge in [-0.05, 0) is 22.0 Å². The van der Waals surface area contributed by atoms with Gasteiger partial charge < -0.3 is 10.0 Å². The number of carbonyl (C=O) groups excluding carboxylic acids is 1. The summed E-state index contributed by atoms with van der Waals surface area (Å²) in [5.41, 5.74) is -0.682. The lowest BCUT2D eigenvalue weighted by Gasteiger charge is -2.20. The third-order valence-corrected chi connectivity index (χ3v) is 4.30. The number of hydrogen-bond donors (Lipinski definition) is 1. The Morgan fingerprint density at radius 2 is 2.30 bits per heavy atom. The second-order valence-electron chi connectivity index (χ2n) is 4.26. The van der Waals surface area contributed by atoms with Crippen molar-refractivity contribution in [1.82, 2.24) is 0 Å². The van der Waals surface area contributed by atoms with Crippen molar-refractivity contribution in [3.63, 3.8) is 0 Å². The van der Waals surface area contributed by atoms with Crippen LogP contribution in [0.3, 0.4) is 0 Å². The zero-order valence-electron chi connectivity index (χ0n) is 9.99. The standard InChI is InChI=1S/C13H8BrClFNO3/c1-2-6-3-9(18)17(5-6)12-7(13(19)20)4-8(15)10(14)11(12)16/h1,4,6H,3,5H2,(H,19,20). The third kappa shape index (κ3) is 2.39. The first-order valence-electron chi connectivity index (χ1n) is 5.54. The minimum atomic E-state index is -1.37. The summed E-state index contributed by atoms with van der Waals surface area (Å²) in [4.78, 5) is 24.2. The van der Waals surface area contributed by atoms with Crippen molar-refractivity contribution in [2.45, 2.75) is 6.42 Å². The fraction of sp³-hybridized carbons (Fsp3) is 0.231. The van der Waals surface area contributed by atoms with Gasteiger partial charge in [-0.15, -0.1) is 12.3 Å². The molecule has 0 spiro atoms. The quantitative estimate of drug-likeness (QED) is 0.652. The molecule has 0 radical (unpaired) electrons. The van der Waals surface area contributed by atoms with E-state index in [2.05, 4.69) is 21.9 Å². The number of benzene rings is 1. The molecular weight excluding hydrogens is 353 g/mol. The first-order valence-corrected chi connectivity index (χ1v) is 6.71. The minimum absolute atomic E-state index is 0.0647. The second-order valence-corrected chi connectivity index (χ2v) is 5.46. The molecular formula is C13H8BrClFNO3. The molecule has 1 fully saturated rings. The Kier molecular flexibility index (Phi) is 4.02. The SMILES string of the molecule is C#CC1CC(=O)N(c2c(C(=O)O)cc(Cl)c(Br)c2F)C1. The van der Waals surface area contributed by atoms with Gasteiger partial charge in [-0.3, -0.25) is 4.79 Å². The van der Waals surface area contributed by atoms with Gasteiger partial charge in [0.05, 0.1) is 20.7 Å². The number of amides is 1. The maximum atomic E-state index is 14.3. The van der Waals surface area contributed by atoms with Gasteiger partial charge in [0.1, 0.15) is 0 Å². The molecule has 1 heterocycles. The zero-order valence-corrected chi connectivity index (χ0v) is 12.3. The van der Waals surface area contributed by atoms with Crippen molar-refractivity contribution < 1.29 is 19.1 Å². The predicted octanol–water partition coefficient (Wildman–Crippen LogP) is 2.93. The van der Waals surface area contributed by atoms with Crippen LogP contribution in [0.5, 0.6) is 0 Å². The molecule has 1 aromatic rings. The van der Waals surface area contributed by atoms with E-state index in [-0.39, 0.29) is 39.6 Å². The lowest BCUT2D eigenvalue weighted by atomic mass is 10.1. The normalized spacial score (nSPS) is 18.2. The minimum Gasteiger partial charge on any atom is -0.478 e. The number of halogens is 3. The van der Waals surface area contributed by atoms with Crippen LogP contribution in [0.2, 0.25) is 5.02 Å². The molecule has 1 unspecified atom stereocenters. The topological polar surface area (TPSA) is 57.6 Å². The van der Waals surface area contributed by atoms with Gasteiger partial charge in [0.15, 0.2) is 5.82 Å². The van der Waals surface area contributed by atoms with Gasteiger partial charge >= 0.3 is 5.97 Å². The molecule has 1 aliphatic rings. The average molecular weight is 361 g/mol. The van der Waals surface area contributed by atoms with Gasteiger partial charge in [-0.25, -0.2) is 9.18 Å². The second kappa shape index (κ2) is 5.43.